The van der Waals surface area contributed by atoms with Crippen LogP contribution in [0.4, 0.5) is 5.82 Å². The van der Waals surface area contributed by atoms with Gasteiger partial charge in [-0.05, 0) is 56.9 Å². The van der Waals surface area contributed by atoms with Crippen LogP contribution < -0.4 is 14.8 Å². The zero-order chi connectivity index (χ0) is 27.6. The summed E-state index contributed by atoms with van der Waals surface area (Å²) in [4.78, 5) is 54.8. The van der Waals surface area contributed by atoms with Crippen LogP contribution in [0.5, 0.6) is 17.2 Å². The van der Waals surface area contributed by atoms with Crippen molar-refractivity contribution in [1.82, 2.24) is 24.8 Å². The maximum Gasteiger partial charge on any atom is 0.272 e. The fourth-order valence-electron chi connectivity index (χ4n) is 4.87. The van der Waals surface area contributed by atoms with E-state index in [1.54, 1.807) is 41.4 Å². The highest BCUT2D eigenvalue weighted by Crippen LogP contribution is 2.32. The predicted octanol–water partition coefficient (Wildman–Crippen LogP) is 3.60. The van der Waals surface area contributed by atoms with Gasteiger partial charge in [0, 0.05) is 43.7 Å². The van der Waals surface area contributed by atoms with Crippen molar-refractivity contribution in [3.05, 3.63) is 65.9 Å². The van der Waals surface area contributed by atoms with Crippen LogP contribution in [0.1, 0.15) is 58.6 Å². The summed E-state index contributed by atoms with van der Waals surface area (Å²) in [5.41, 5.74) is 1.33. The SMILES string of the molecule is Cc1cnc(NC(=O)c2cc(Oc3ccc(C(=O)N4CCC4)nc3)cc(O[C@@H]3CCN(C4CCC4)C3=O)c2)cn1. The van der Waals surface area contributed by atoms with E-state index in [2.05, 4.69) is 20.3 Å². The number of aryl methyl sites for hydroxylation is 1. The van der Waals surface area contributed by atoms with E-state index in [-0.39, 0.29) is 17.4 Å². The quantitative estimate of drug-likeness (QED) is 0.458. The van der Waals surface area contributed by atoms with Crippen molar-refractivity contribution in [3.63, 3.8) is 0 Å². The van der Waals surface area contributed by atoms with Gasteiger partial charge in [0.1, 0.15) is 22.9 Å². The Kier molecular flexibility index (Phi) is 7.02. The van der Waals surface area contributed by atoms with E-state index in [1.165, 1.54) is 12.4 Å². The molecule has 0 bridgehead atoms. The number of anilines is 1. The Balaban J connectivity index is 1.22. The number of aromatic nitrogens is 3. The van der Waals surface area contributed by atoms with E-state index in [0.717, 1.165) is 44.5 Å². The number of likely N-dealkylation sites (tertiary alicyclic amines) is 2. The first-order chi connectivity index (χ1) is 19.4. The number of nitrogens with one attached hydrogen (secondary N) is 1. The Hall–Kier alpha value is -4.54. The average molecular weight is 543 g/mol. The first-order valence-electron chi connectivity index (χ1n) is 13.6. The van der Waals surface area contributed by atoms with E-state index in [9.17, 15) is 14.4 Å². The molecule has 0 spiro atoms. The molecule has 3 fully saturated rings. The number of pyridine rings is 1. The molecule has 3 amide bonds. The summed E-state index contributed by atoms with van der Waals surface area (Å²) >= 11 is 0. The van der Waals surface area contributed by atoms with Crippen molar-refractivity contribution in [2.24, 2.45) is 0 Å². The van der Waals surface area contributed by atoms with Gasteiger partial charge in [-0.25, -0.2) is 9.97 Å². The minimum absolute atomic E-state index is 0.0244. The van der Waals surface area contributed by atoms with Gasteiger partial charge in [-0.15, -0.1) is 0 Å². The third-order valence-corrected chi connectivity index (χ3v) is 7.48. The van der Waals surface area contributed by atoms with Crippen molar-refractivity contribution in [1.29, 1.82) is 0 Å². The lowest BCUT2D eigenvalue weighted by Crippen LogP contribution is -2.43. The van der Waals surface area contributed by atoms with Crippen LogP contribution in [0.25, 0.3) is 0 Å². The Morgan fingerprint density at radius 1 is 0.900 bits per heavy atom. The first-order valence-corrected chi connectivity index (χ1v) is 13.6. The molecule has 2 aliphatic heterocycles. The summed E-state index contributed by atoms with van der Waals surface area (Å²) < 4.78 is 12.1. The molecule has 6 rings (SSSR count). The molecule has 206 valence electrons. The molecule has 3 aliphatic rings. The minimum atomic E-state index is -0.622. The Morgan fingerprint density at radius 3 is 2.38 bits per heavy atom. The molecule has 1 N–H and O–H groups in total. The molecule has 2 aromatic heterocycles. The summed E-state index contributed by atoms with van der Waals surface area (Å²) in [6.07, 6.45) is 8.68. The Morgan fingerprint density at radius 2 is 1.73 bits per heavy atom. The van der Waals surface area contributed by atoms with Gasteiger partial charge >= 0.3 is 0 Å². The normalized spacial score (nSPS) is 18.6. The van der Waals surface area contributed by atoms with Crippen LogP contribution >= 0.6 is 0 Å². The second kappa shape index (κ2) is 10.9. The van der Waals surface area contributed by atoms with Crippen LogP contribution in [0.3, 0.4) is 0 Å². The van der Waals surface area contributed by atoms with Crippen LogP contribution in [-0.2, 0) is 4.79 Å². The van der Waals surface area contributed by atoms with Gasteiger partial charge in [-0.3, -0.25) is 19.4 Å². The molecule has 4 heterocycles. The maximum absolute atomic E-state index is 13.1. The van der Waals surface area contributed by atoms with E-state index >= 15 is 0 Å². The smallest absolute Gasteiger partial charge is 0.272 e. The number of hydrogen-bond acceptors (Lipinski definition) is 8. The highest BCUT2D eigenvalue weighted by Gasteiger charge is 2.39. The summed E-state index contributed by atoms with van der Waals surface area (Å²) in [5.74, 6) is 0.786. The fourth-order valence-corrected chi connectivity index (χ4v) is 4.87. The number of ether oxygens (including phenoxy) is 2. The molecule has 3 aromatic rings. The lowest BCUT2D eigenvalue weighted by atomic mass is 9.92. The van der Waals surface area contributed by atoms with Gasteiger partial charge in [-0.1, -0.05) is 0 Å². The number of rotatable bonds is 8. The van der Waals surface area contributed by atoms with E-state index in [4.69, 9.17) is 9.47 Å². The number of carbonyl (C=O) groups excluding carboxylic acids is 3. The topological polar surface area (TPSA) is 127 Å². The molecular weight excluding hydrogens is 512 g/mol. The second-order valence-electron chi connectivity index (χ2n) is 10.3. The lowest BCUT2D eigenvalue weighted by Gasteiger charge is -2.34. The van der Waals surface area contributed by atoms with Crippen molar-refractivity contribution in [2.45, 2.75) is 51.2 Å². The number of benzene rings is 1. The Bertz CT molecular complexity index is 1420. The number of hydrogen-bond donors (Lipinski definition) is 1. The minimum Gasteiger partial charge on any atom is -0.480 e. The summed E-state index contributed by atoms with van der Waals surface area (Å²) in [7, 11) is 0. The van der Waals surface area contributed by atoms with Gasteiger partial charge in [-0.2, -0.15) is 0 Å². The largest absolute Gasteiger partial charge is 0.480 e. The number of nitrogens with zero attached hydrogens (tertiary/aromatic N) is 5. The van der Waals surface area contributed by atoms with Crippen LogP contribution in [0, 0.1) is 6.92 Å². The fraction of sp³-hybridized carbons (Fsp3) is 0.379. The summed E-state index contributed by atoms with van der Waals surface area (Å²) in [5, 5.41) is 2.73. The predicted molar refractivity (Wildman–Crippen MR) is 144 cm³/mol. The zero-order valence-corrected chi connectivity index (χ0v) is 22.2. The van der Waals surface area contributed by atoms with Crippen molar-refractivity contribution in [3.8, 4) is 17.2 Å². The molecule has 1 aromatic carbocycles. The molecule has 0 unspecified atom stereocenters. The Labute approximate surface area is 231 Å². The average Bonchev–Trinajstić information content (AvgIpc) is 3.23. The molecule has 0 radical (unpaired) electrons. The first kappa shape index (κ1) is 25.7. The van der Waals surface area contributed by atoms with Gasteiger partial charge in [0.25, 0.3) is 17.7 Å². The van der Waals surface area contributed by atoms with Crippen LogP contribution in [0.2, 0.25) is 0 Å². The van der Waals surface area contributed by atoms with Gasteiger partial charge in [0.05, 0.1) is 24.3 Å². The molecule has 11 heteroatoms. The zero-order valence-electron chi connectivity index (χ0n) is 22.2. The highest BCUT2D eigenvalue weighted by molar-refractivity contribution is 6.04. The third kappa shape index (κ3) is 5.45. The standard InChI is InChI=1S/C29H30N6O5/c1-18-15-32-26(17-30-18)33-27(36)19-12-22(39-21-6-7-24(31-16-21)28(37)34-9-3-10-34)14-23(13-19)40-25-8-11-35(29(25)38)20-4-2-5-20/h6-7,12-17,20,25H,2-5,8-11H2,1H3,(H,32,33,36)/t25-/m1/s1. The van der Waals surface area contributed by atoms with Gasteiger partial charge in [0.15, 0.2) is 11.9 Å². The van der Waals surface area contributed by atoms with Crippen molar-refractivity contribution in [2.75, 3.05) is 25.0 Å². The molecule has 11 nitrogen and oxygen atoms in total. The summed E-state index contributed by atoms with van der Waals surface area (Å²) in [6, 6.07) is 8.37. The lowest BCUT2D eigenvalue weighted by molar-refractivity contribution is -0.136. The van der Waals surface area contributed by atoms with E-state index < -0.39 is 12.0 Å². The third-order valence-electron chi connectivity index (χ3n) is 7.48. The molecule has 1 saturated carbocycles. The molecule has 2 saturated heterocycles. The van der Waals surface area contributed by atoms with Gasteiger partial charge < -0.3 is 24.6 Å². The van der Waals surface area contributed by atoms with E-state index in [1.807, 2.05) is 11.8 Å². The second-order valence-corrected chi connectivity index (χ2v) is 10.3. The molecule has 40 heavy (non-hydrogen) atoms. The van der Waals surface area contributed by atoms with Crippen LogP contribution in [-0.4, -0.2) is 74.3 Å². The van der Waals surface area contributed by atoms with Crippen LogP contribution in [0.15, 0.2) is 48.9 Å². The van der Waals surface area contributed by atoms with Crippen molar-refractivity contribution >= 4 is 23.5 Å². The molecule has 1 atom stereocenters. The molecular formula is C29H30N6O5. The molecule has 1 aliphatic carbocycles. The van der Waals surface area contributed by atoms with Gasteiger partial charge in [0.2, 0.25) is 0 Å². The number of amides is 3. The summed E-state index contributed by atoms with van der Waals surface area (Å²) in [6.45, 7) is 3.96. The monoisotopic (exact) mass is 542 g/mol. The highest BCUT2D eigenvalue weighted by atomic mass is 16.5. The number of carbonyl (C=O) groups is 3. The maximum atomic E-state index is 13.1. The van der Waals surface area contributed by atoms with Crippen molar-refractivity contribution < 1.29 is 23.9 Å². The van der Waals surface area contributed by atoms with E-state index in [0.29, 0.717) is 47.8 Å².